The number of carbonyl (C=O) groups excluding carboxylic acids is 1. The highest BCUT2D eigenvalue weighted by molar-refractivity contribution is 6.06. The van der Waals surface area contributed by atoms with Crippen molar-refractivity contribution in [3.63, 3.8) is 0 Å². The predicted octanol–water partition coefficient (Wildman–Crippen LogP) is 2.95. The number of para-hydroxylation sites is 1. The molecule has 1 amide bonds. The van der Waals surface area contributed by atoms with Crippen molar-refractivity contribution in [1.82, 2.24) is 24.5 Å². The summed E-state index contributed by atoms with van der Waals surface area (Å²) in [7, 11) is 0. The Morgan fingerprint density at radius 3 is 2.74 bits per heavy atom. The zero-order valence-electron chi connectivity index (χ0n) is 18.9. The number of hydrogen-bond donors (Lipinski definition) is 1. The van der Waals surface area contributed by atoms with Crippen LogP contribution in [0.1, 0.15) is 41.9 Å². The molecule has 9 nitrogen and oxygen atoms in total. The molecular formula is C25H25N7O2. The summed E-state index contributed by atoms with van der Waals surface area (Å²) in [6.07, 6.45) is 5.59. The van der Waals surface area contributed by atoms with Gasteiger partial charge in [0.1, 0.15) is 17.8 Å². The van der Waals surface area contributed by atoms with Crippen molar-refractivity contribution in [2.24, 2.45) is 0 Å². The zero-order valence-corrected chi connectivity index (χ0v) is 18.9. The first-order valence-electron chi connectivity index (χ1n) is 11.6. The van der Waals surface area contributed by atoms with Crippen molar-refractivity contribution in [1.29, 1.82) is 0 Å². The summed E-state index contributed by atoms with van der Waals surface area (Å²) in [5.41, 5.74) is 3.87. The third-order valence-electron chi connectivity index (χ3n) is 6.94. The van der Waals surface area contributed by atoms with E-state index in [1.54, 1.807) is 12.3 Å². The number of nitrogens with one attached hydrogen (secondary N) is 1. The normalized spacial score (nSPS) is 18.4. The number of anilines is 2. The molecule has 1 aromatic carbocycles. The number of aromatic amines is 1. The summed E-state index contributed by atoms with van der Waals surface area (Å²) in [5, 5.41) is 0. The summed E-state index contributed by atoms with van der Waals surface area (Å²) in [6.45, 7) is 3.53. The third-order valence-corrected chi connectivity index (χ3v) is 6.94. The van der Waals surface area contributed by atoms with Crippen LogP contribution in [0, 0.1) is 0 Å². The molecule has 6 rings (SSSR count). The van der Waals surface area contributed by atoms with E-state index >= 15 is 0 Å². The van der Waals surface area contributed by atoms with E-state index in [-0.39, 0.29) is 23.7 Å². The quantitative estimate of drug-likeness (QED) is 0.510. The first-order valence-corrected chi connectivity index (χ1v) is 11.6. The number of carbonyl (C=O) groups is 1. The van der Waals surface area contributed by atoms with Crippen LogP contribution >= 0.6 is 0 Å². The number of aromatic nitrogens is 5. The summed E-state index contributed by atoms with van der Waals surface area (Å²) in [5.74, 6) is 0.638. The molecule has 0 radical (unpaired) electrons. The largest absolute Gasteiger partial charge is 0.356 e. The van der Waals surface area contributed by atoms with Gasteiger partial charge >= 0.3 is 5.69 Å². The van der Waals surface area contributed by atoms with Gasteiger partial charge in [0, 0.05) is 43.1 Å². The van der Waals surface area contributed by atoms with E-state index in [9.17, 15) is 9.59 Å². The van der Waals surface area contributed by atoms with Crippen LogP contribution in [0.4, 0.5) is 11.5 Å². The van der Waals surface area contributed by atoms with Crippen LogP contribution in [-0.4, -0.2) is 49.5 Å². The molecule has 3 aromatic heterocycles. The number of hydrogen-bond acceptors (Lipinski definition) is 6. The van der Waals surface area contributed by atoms with Crippen LogP contribution < -0.4 is 15.5 Å². The molecule has 1 unspecified atom stereocenters. The number of H-pyrrole nitrogens is 1. The van der Waals surface area contributed by atoms with Gasteiger partial charge in [-0.3, -0.25) is 14.3 Å². The molecule has 9 heteroatoms. The van der Waals surface area contributed by atoms with E-state index in [4.69, 9.17) is 0 Å². The van der Waals surface area contributed by atoms with Gasteiger partial charge in [0.2, 0.25) is 0 Å². The van der Waals surface area contributed by atoms with Crippen molar-refractivity contribution in [2.75, 3.05) is 22.9 Å². The molecule has 1 atom stereocenters. The van der Waals surface area contributed by atoms with Crippen LogP contribution in [0.25, 0.3) is 11.2 Å². The minimum Gasteiger partial charge on any atom is -0.356 e. The summed E-state index contributed by atoms with van der Waals surface area (Å²) in [6, 6.07) is 13.8. The Labute approximate surface area is 196 Å². The van der Waals surface area contributed by atoms with Crippen molar-refractivity contribution in [2.45, 2.75) is 38.3 Å². The fourth-order valence-electron chi connectivity index (χ4n) is 5.31. The number of amides is 1. The van der Waals surface area contributed by atoms with E-state index in [0.717, 1.165) is 49.4 Å². The Bertz CT molecular complexity index is 1430. The van der Waals surface area contributed by atoms with Crippen molar-refractivity contribution >= 4 is 28.6 Å². The standard InChI is InChI=1S/C25H25N7O2/c1-16-13-17-5-2-3-6-20(17)31(16)24(33)19-14-22(28-15-27-19)30-11-8-18(9-12-30)32-21-7-4-10-26-23(21)29-25(32)34/h2-7,10,14-16,18H,8-9,11-13H2,1H3,(H,26,29,34). The Morgan fingerprint density at radius 1 is 1.06 bits per heavy atom. The molecule has 2 aliphatic rings. The molecule has 4 aromatic rings. The van der Waals surface area contributed by atoms with Crippen LogP contribution in [0.2, 0.25) is 0 Å². The number of nitrogens with zero attached hydrogens (tertiary/aromatic N) is 6. The molecule has 1 saturated heterocycles. The number of pyridine rings is 1. The maximum absolute atomic E-state index is 13.4. The second-order valence-electron chi connectivity index (χ2n) is 9.01. The minimum absolute atomic E-state index is 0.0861. The van der Waals surface area contributed by atoms with E-state index < -0.39 is 0 Å². The molecular weight excluding hydrogens is 430 g/mol. The fourth-order valence-corrected chi connectivity index (χ4v) is 5.31. The zero-order chi connectivity index (χ0) is 23.2. The first kappa shape index (κ1) is 20.6. The van der Waals surface area contributed by atoms with E-state index in [2.05, 4.69) is 37.8 Å². The van der Waals surface area contributed by atoms with Crippen LogP contribution in [-0.2, 0) is 6.42 Å². The van der Waals surface area contributed by atoms with E-state index in [0.29, 0.717) is 11.3 Å². The number of fused-ring (bicyclic) bond motifs is 2. The highest BCUT2D eigenvalue weighted by atomic mass is 16.2. The summed E-state index contributed by atoms with van der Waals surface area (Å²) < 4.78 is 1.82. The van der Waals surface area contributed by atoms with Gasteiger partial charge in [0.05, 0.1) is 5.52 Å². The van der Waals surface area contributed by atoms with Crippen LogP contribution in [0.15, 0.2) is 59.8 Å². The molecule has 1 fully saturated rings. The smallest absolute Gasteiger partial charge is 0.327 e. The monoisotopic (exact) mass is 455 g/mol. The number of imidazole rings is 1. The Kier molecular flexibility index (Phi) is 4.90. The van der Waals surface area contributed by atoms with Crippen molar-refractivity contribution in [3.8, 4) is 0 Å². The maximum Gasteiger partial charge on any atom is 0.327 e. The second kappa shape index (κ2) is 8.09. The van der Waals surface area contributed by atoms with Crippen molar-refractivity contribution in [3.05, 3.63) is 76.7 Å². The molecule has 34 heavy (non-hydrogen) atoms. The van der Waals surface area contributed by atoms with Gasteiger partial charge in [-0.05, 0) is 49.9 Å². The number of piperidine rings is 1. The number of rotatable bonds is 3. The molecule has 2 aliphatic heterocycles. The maximum atomic E-state index is 13.4. The highest BCUT2D eigenvalue weighted by Crippen LogP contribution is 2.33. The molecule has 0 spiro atoms. The summed E-state index contributed by atoms with van der Waals surface area (Å²) in [4.78, 5) is 45.8. The van der Waals surface area contributed by atoms with Gasteiger partial charge in [0.25, 0.3) is 5.91 Å². The molecule has 0 bridgehead atoms. The van der Waals surface area contributed by atoms with Gasteiger partial charge in [-0.15, -0.1) is 0 Å². The van der Waals surface area contributed by atoms with E-state index in [1.807, 2.05) is 39.8 Å². The lowest BCUT2D eigenvalue weighted by Gasteiger charge is -2.33. The molecule has 0 aliphatic carbocycles. The SMILES string of the molecule is CC1Cc2ccccc2N1C(=O)c1cc(N2CCC(n3c(=O)[nH]c4ncccc43)CC2)ncn1. The Hall–Kier alpha value is -4.01. The van der Waals surface area contributed by atoms with Gasteiger partial charge in [-0.25, -0.2) is 19.7 Å². The van der Waals surface area contributed by atoms with Gasteiger partial charge in [0.15, 0.2) is 5.65 Å². The predicted molar refractivity (Wildman–Crippen MR) is 129 cm³/mol. The average Bonchev–Trinajstić information content (AvgIpc) is 3.39. The molecule has 172 valence electrons. The van der Waals surface area contributed by atoms with Gasteiger partial charge in [-0.2, -0.15) is 0 Å². The molecule has 1 N–H and O–H groups in total. The molecule has 5 heterocycles. The van der Waals surface area contributed by atoms with Crippen molar-refractivity contribution < 1.29 is 4.79 Å². The molecule has 0 saturated carbocycles. The summed E-state index contributed by atoms with van der Waals surface area (Å²) >= 11 is 0. The fraction of sp³-hybridized carbons (Fsp3) is 0.320. The highest BCUT2D eigenvalue weighted by Gasteiger charge is 2.32. The average molecular weight is 456 g/mol. The minimum atomic E-state index is -0.123. The first-order chi connectivity index (χ1) is 16.6. The lowest BCUT2D eigenvalue weighted by Crippen LogP contribution is -2.38. The lowest BCUT2D eigenvalue weighted by atomic mass is 10.0. The lowest BCUT2D eigenvalue weighted by molar-refractivity contribution is 0.0976. The van der Waals surface area contributed by atoms with E-state index in [1.165, 1.54) is 11.9 Å². The second-order valence-corrected chi connectivity index (χ2v) is 9.01. The third kappa shape index (κ3) is 3.35. The van der Waals surface area contributed by atoms with Crippen LogP contribution in [0.3, 0.4) is 0 Å². The van der Waals surface area contributed by atoms with Gasteiger partial charge < -0.3 is 9.80 Å². The topological polar surface area (TPSA) is 100 Å². The Balaban J connectivity index is 1.21. The Morgan fingerprint density at radius 2 is 1.88 bits per heavy atom. The van der Waals surface area contributed by atoms with Crippen LogP contribution in [0.5, 0.6) is 0 Å². The van der Waals surface area contributed by atoms with Gasteiger partial charge in [-0.1, -0.05) is 18.2 Å². The number of benzene rings is 1.